The van der Waals surface area contributed by atoms with E-state index in [1.54, 1.807) is 24.3 Å². The molecule has 0 fully saturated rings. The Hall–Kier alpha value is -3.09. The number of anilines is 2. The van der Waals surface area contributed by atoms with Crippen LogP contribution in [-0.4, -0.2) is 25.0 Å². The molecule has 3 rings (SSSR count). The Labute approximate surface area is 196 Å². The number of carbonyl (C=O) groups excluding carboxylic acids is 2. The van der Waals surface area contributed by atoms with Crippen molar-refractivity contribution < 1.29 is 14.0 Å². The molecular weight excluding hydrogens is 452 g/mol. The highest BCUT2D eigenvalue weighted by Gasteiger charge is 2.17. The number of hydrogen-bond donors (Lipinski definition) is 2. The fraction of sp³-hybridized carbons (Fsp3) is 0.167. The number of benzene rings is 3. The third-order valence-electron chi connectivity index (χ3n) is 4.80. The maximum absolute atomic E-state index is 13.4. The fourth-order valence-electron chi connectivity index (χ4n) is 3.01. The molecule has 0 unspecified atom stereocenters. The number of nitrogens with zero attached hydrogens (tertiary/aromatic N) is 1. The van der Waals surface area contributed by atoms with Gasteiger partial charge < -0.3 is 10.6 Å². The molecular formula is C24H22Cl2FN3O2. The van der Waals surface area contributed by atoms with E-state index in [4.69, 9.17) is 23.2 Å². The summed E-state index contributed by atoms with van der Waals surface area (Å²) in [6.45, 7) is 2.40. The summed E-state index contributed by atoms with van der Waals surface area (Å²) in [5.74, 6) is -0.654. The van der Waals surface area contributed by atoms with E-state index in [1.807, 2.05) is 19.1 Å². The van der Waals surface area contributed by atoms with E-state index in [2.05, 4.69) is 10.6 Å². The van der Waals surface area contributed by atoms with Gasteiger partial charge in [0, 0.05) is 30.0 Å². The van der Waals surface area contributed by atoms with Gasteiger partial charge in [-0.05, 0) is 66.6 Å². The van der Waals surface area contributed by atoms with Crippen LogP contribution in [0.25, 0.3) is 0 Å². The highest BCUT2D eigenvalue weighted by Crippen LogP contribution is 2.25. The standard InChI is InChI=1S/C24H22Cl2FN3O2/c1-2-16-3-5-17(6-4-16)23(31)28-13-14-30(20-10-7-18(27)8-11-20)24(32)29-19-9-12-21(25)22(26)15-19/h3-12,15H,2,13-14H2,1H3,(H,28,31)(H,29,32). The van der Waals surface area contributed by atoms with Gasteiger partial charge in [-0.25, -0.2) is 9.18 Å². The normalized spacial score (nSPS) is 10.5. The van der Waals surface area contributed by atoms with Crippen molar-refractivity contribution in [2.24, 2.45) is 0 Å². The SMILES string of the molecule is CCc1ccc(C(=O)NCCN(C(=O)Nc2ccc(Cl)c(Cl)c2)c2ccc(F)cc2)cc1. The average Bonchev–Trinajstić information content (AvgIpc) is 2.80. The molecule has 0 saturated heterocycles. The molecule has 0 atom stereocenters. The highest BCUT2D eigenvalue weighted by molar-refractivity contribution is 6.42. The fourth-order valence-corrected chi connectivity index (χ4v) is 3.31. The van der Waals surface area contributed by atoms with Crippen molar-refractivity contribution in [1.82, 2.24) is 5.32 Å². The number of hydrogen-bond acceptors (Lipinski definition) is 2. The highest BCUT2D eigenvalue weighted by atomic mass is 35.5. The number of carbonyl (C=O) groups is 2. The Bertz CT molecular complexity index is 1090. The number of halogens is 3. The molecule has 2 N–H and O–H groups in total. The van der Waals surface area contributed by atoms with Crippen LogP contribution in [0.3, 0.4) is 0 Å². The van der Waals surface area contributed by atoms with E-state index in [-0.39, 0.29) is 19.0 Å². The average molecular weight is 474 g/mol. The number of nitrogens with one attached hydrogen (secondary N) is 2. The van der Waals surface area contributed by atoms with Crippen LogP contribution in [0.4, 0.5) is 20.6 Å². The number of rotatable bonds is 7. The van der Waals surface area contributed by atoms with Gasteiger partial charge in [0.1, 0.15) is 5.82 Å². The Morgan fingerprint density at radius 1 is 0.938 bits per heavy atom. The Morgan fingerprint density at radius 3 is 2.25 bits per heavy atom. The Morgan fingerprint density at radius 2 is 1.62 bits per heavy atom. The molecule has 3 aromatic carbocycles. The second-order valence-corrected chi connectivity index (χ2v) is 7.81. The molecule has 0 aliphatic carbocycles. The minimum absolute atomic E-state index is 0.164. The minimum atomic E-state index is -0.462. The molecule has 8 heteroatoms. The summed E-state index contributed by atoms with van der Waals surface area (Å²) in [6, 6.07) is 17.1. The molecule has 0 saturated carbocycles. The molecule has 0 aliphatic rings. The molecule has 0 radical (unpaired) electrons. The predicted molar refractivity (Wildman–Crippen MR) is 127 cm³/mol. The third-order valence-corrected chi connectivity index (χ3v) is 5.54. The molecule has 0 aliphatic heterocycles. The zero-order valence-corrected chi connectivity index (χ0v) is 18.9. The summed E-state index contributed by atoms with van der Waals surface area (Å²) < 4.78 is 13.4. The van der Waals surface area contributed by atoms with Crippen molar-refractivity contribution in [1.29, 1.82) is 0 Å². The van der Waals surface area contributed by atoms with E-state index in [9.17, 15) is 14.0 Å². The van der Waals surface area contributed by atoms with Gasteiger partial charge in [0.05, 0.1) is 10.0 Å². The van der Waals surface area contributed by atoms with Gasteiger partial charge in [0.15, 0.2) is 0 Å². The van der Waals surface area contributed by atoms with Gasteiger partial charge in [-0.1, -0.05) is 42.3 Å². The first-order valence-corrected chi connectivity index (χ1v) is 10.8. The first-order valence-electron chi connectivity index (χ1n) is 10.0. The second kappa shape index (κ2) is 11.0. The second-order valence-electron chi connectivity index (χ2n) is 6.99. The van der Waals surface area contributed by atoms with Crippen LogP contribution in [0, 0.1) is 5.82 Å². The lowest BCUT2D eigenvalue weighted by Gasteiger charge is -2.23. The lowest BCUT2D eigenvalue weighted by Crippen LogP contribution is -2.41. The molecule has 166 valence electrons. The van der Waals surface area contributed by atoms with Gasteiger partial charge in [-0.3, -0.25) is 9.69 Å². The van der Waals surface area contributed by atoms with Crippen molar-refractivity contribution in [2.45, 2.75) is 13.3 Å². The minimum Gasteiger partial charge on any atom is -0.350 e. The molecule has 32 heavy (non-hydrogen) atoms. The predicted octanol–water partition coefficient (Wildman–Crippen LogP) is 6.16. The van der Waals surface area contributed by atoms with Gasteiger partial charge in [-0.15, -0.1) is 0 Å². The van der Waals surface area contributed by atoms with Crippen molar-refractivity contribution in [3.8, 4) is 0 Å². The number of aryl methyl sites for hydroxylation is 1. The summed E-state index contributed by atoms with van der Waals surface area (Å²) in [4.78, 5) is 26.8. The van der Waals surface area contributed by atoms with Crippen LogP contribution < -0.4 is 15.5 Å². The third kappa shape index (κ3) is 6.22. The summed E-state index contributed by atoms with van der Waals surface area (Å²) in [5, 5.41) is 6.23. The maximum Gasteiger partial charge on any atom is 0.326 e. The van der Waals surface area contributed by atoms with Crippen LogP contribution in [0.15, 0.2) is 66.7 Å². The summed E-state index contributed by atoms with van der Waals surface area (Å²) in [5.41, 5.74) is 2.61. The van der Waals surface area contributed by atoms with E-state index in [0.29, 0.717) is 27.0 Å². The van der Waals surface area contributed by atoms with Gasteiger partial charge in [-0.2, -0.15) is 0 Å². The van der Waals surface area contributed by atoms with Crippen LogP contribution in [-0.2, 0) is 6.42 Å². The largest absolute Gasteiger partial charge is 0.350 e. The Balaban J connectivity index is 1.69. The molecule has 3 aromatic rings. The van der Waals surface area contributed by atoms with E-state index < -0.39 is 11.8 Å². The van der Waals surface area contributed by atoms with Crippen LogP contribution in [0.2, 0.25) is 10.0 Å². The number of amides is 3. The van der Waals surface area contributed by atoms with Crippen molar-refractivity contribution >= 4 is 46.5 Å². The zero-order chi connectivity index (χ0) is 23.1. The first kappa shape index (κ1) is 23.6. The van der Waals surface area contributed by atoms with E-state index in [0.717, 1.165) is 12.0 Å². The summed E-state index contributed by atoms with van der Waals surface area (Å²) in [6.07, 6.45) is 0.891. The van der Waals surface area contributed by atoms with E-state index in [1.165, 1.54) is 35.2 Å². The molecule has 0 bridgehead atoms. The van der Waals surface area contributed by atoms with Gasteiger partial charge >= 0.3 is 6.03 Å². The van der Waals surface area contributed by atoms with Crippen LogP contribution in [0.5, 0.6) is 0 Å². The summed E-state index contributed by atoms with van der Waals surface area (Å²) >= 11 is 11.9. The van der Waals surface area contributed by atoms with Crippen LogP contribution >= 0.6 is 23.2 Å². The molecule has 0 aromatic heterocycles. The smallest absolute Gasteiger partial charge is 0.326 e. The zero-order valence-electron chi connectivity index (χ0n) is 17.4. The maximum atomic E-state index is 13.4. The molecule has 0 heterocycles. The van der Waals surface area contributed by atoms with Crippen molar-refractivity contribution in [2.75, 3.05) is 23.3 Å². The van der Waals surface area contributed by atoms with Gasteiger partial charge in [0.25, 0.3) is 5.91 Å². The lowest BCUT2D eigenvalue weighted by molar-refractivity contribution is 0.0954. The quantitative estimate of drug-likeness (QED) is 0.431. The molecule has 5 nitrogen and oxygen atoms in total. The van der Waals surface area contributed by atoms with Crippen molar-refractivity contribution in [3.05, 3.63) is 93.7 Å². The van der Waals surface area contributed by atoms with E-state index >= 15 is 0 Å². The monoisotopic (exact) mass is 473 g/mol. The number of urea groups is 1. The summed E-state index contributed by atoms with van der Waals surface area (Å²) in [7, 11) is 0. The Kier molecular flexibility index (Phi) is 8.09. The molecule has 3 amide bonds. The molecule has 0 spiro atoms. The van der Waals surface area contributed by atoms with Gasteiger partial charge in [0.2, 0.25) is 0 Å². The van der Waals surface area contributed by atoms with Crippen LogP contribution in [0.1, 0.15) is 22.8 Å². The topological polar surface area (TPSA) is 61.4 Å². The first-order chi connectivity index (χ1) is 15.4. The van der Waals surface area contributed by atoms with Crippen molar-refractivity contribution in [3.63, 3.8) is 0 Å². The lowest BCUT2D eigenvalue weighted by atomic mass is 10.1.